The lowest BCUT2D eigenvalue weighted by atomic mass is 9.96. The number of fused-ring (bicyclic) bond motifs is 1. The molecule has 1 aromatic carbocycles. The van der Waals surface area contributed by atoms with E-state index in [-0.39, 0.29) is 16.9 Å². The molecule has 27 heavy (non-hydrogen) atoms. The number of nitrogens with one attached hydrogen (secondary N) is 1. The maximum atomic E-state index is 13.1. The Labute approximate surface area is 158 Å². The molecular weight excluding hydrogens is 362 g/mol. The predicted molar refractivity (Wildman–Crippen MR) is 103 cm³/mol. The summed E-state index contributed by atoms with van der Waals surface area (Å²) in [5, 5.41) is 0.814. The number of nitrogens with zero attached hydrogens (tertiary/aromatic N) is 2. The van der Waals surface area contributed by atoms with Gasteiger partial charge in [0.25, 0.3) is 0 Å². The van der Waals surface area contributed by atoms with Crippen molar-refractivity contribution in [3.05, 3.63) is 66.1 Å². The number of aryl methyl sites for hydroxylation is 1. The summed E-state index contributed by atoms with van der Waals surface area (Å²) in [7, 11) is -3.72. The van der Waals surface area contributed by atoms with Gasteiger partial charge in [-0.25, -0.2) is 13.1 Å². The first-order valence-electron chi connectivity index (χ1n) is 8.87. The van der Waals surface area contributed by atoms with Gasteiger partial charge in [0.2, 0.25) is 10.0 Å². The van der Waals surface area contributed by atoms with Crippen LogP contribution in [0.5, 0.6) is 0 Å². The molecule has 0 saturated carbocycles. The number of pyridine rings is 2. The Morgan fingerprint density at radius 2 is 1.96 bits per heavy atom. The number of rotatable bonds is 5. The van der Waals surface area contributed by atoms with Crippen molar-refractivity contribution < 1.29 is 13.2 Å². The van der Waals surface area contributed by atoms with E-state index in [2.05, 4.69) is 14.7 Å². The summed E-state index contributed by atoms with van der Waals surface area (Å²) in [5.74, 6) is 0.0752. The van der Waals surface area contributed by atoms with Crippen LogP contribution in [-0.4, -0.2) is 37.6 Å². The number of benzene rings is 1. The van der Waals surface area contributed by atoms with Crippen LogP contribution in [-0.2, 0) is 21.2 Å². The minimum Gasteiger partial charge on any atom is -0.379 e. The van der Waals surface area contributed by atoms with E-state index in [4.69, 9.17) is 4.74 Å². The van der Waals surface area contributed by atoms with Gasteiger partial charge in [0.15, 0.2) is 0 Å². The molecule has 0 amide bonds. The molecule has 1 aliphatic heterocycles. The van der Waals surface area contributed by atoms with E-state index in [1.165, 1.54) is 0 Å². The van der Waals surface area contributed by atoms with Crippen molar-refractivity contribution >= 4 is 20.9 Å². The van der Waals surface area contributed by atoms with E-state index in [0.717, 1.165) is 22.9 Å². The fourth-order valence-electron chi connectivity index (χ4n) is 3.52. The molecule has 0 radical (unpaired) electrons. The third-order valence-electron chi connectivity index (χ3n) is 4.86. The molecule has 3 heterocycles. The van der Waals surface area contributed by atoms with Crippen molar-refractivity contribution in [2.75, 3.05) is 13.2 Å². The standard InChI is InChI=1S/C20H21N3O3S/c1-14-9-16-3-2-6-22-20(16)19(10-14)27(24,25)23-18-13-26-12-17(18)11-15-4-7-21-8-5-15/h2-10,17-18,23H,11-13H2,1H3/t17-,18+/m1/s1. The zero-order valence-electron chi connectivity index (χ0n) is 15.0. The monoisotopic (exact) mass is 383 g/mol. The van der Waals surface area contributed by atoms with Crippen LogP contribution in [0.15, 0.2) is 59.9 Å². The summed E-state index contributed by atoms with van der Waals surface area (Å²) >= 11 is 0. The minimum atomic E-state index is -3.72. The number of hydrogen-bond acceptors (Lipinski definition) is 5. The molecule has 1 saturated heterocycles. The molecule has 0 aliphatic carbocycles. The van der Waals surface area contributed by atoms with Crippen LogP contribution in [0, 0.1) is 12.8 Å². The smallest absolute Gasteiger partial charge is 0.243 e. The van der Waals surface area contributed by atoms with Crippen LogP contribution in [0.3, 0.4) is 0 Å². The van der Waals surface area contributed by atoms with Gasteiger partial charge >= 0.3 is 0 Å². The van der Waals surface area contributed by atoms with Crippen LogP contribution in [0.2, 0.25) is 0 Å². The summed E-state index contributed by atoms with van der Waals surface area (Å²) in [6.45, 7) is 2.78. The van der Waals surface area contributed by atoms with Crippen molar-refractivity contribution in [2.24, 2.45) is 5.92 Å². The zero-order chi connectivity index (χ0) is 18.9. The first kappa shape index (κ1) is 18.0. The molecule has 0 unspecified atom stereocenters. The SMILES string of the molecule is Cc1cc(S(=O)(=O)N[C@H]2COC[C@H]2Cc2ccncc2)c2ncccc2c1. The molecule has 6 nitrogen and oxygen atoms in total. The summed E-state index contributed by atoms with van der Waals surface area (Å²) in [4.78, 5) is 8.53. The van der Waals surface area contributed by atoms with Crippen molar-refractivity contribution in [1.82, 2.24) is 14.7 Å². The summed E-state index contributed by atoms with van der Waals surface area (Å²) in [5.41, 5.74) is 2.49. The van der Waals surface area contributed by atoms with Crippen molar-refractivity contribution in [1.29, 1.82) is 0 Å². The van der Waals surface area contributed by atoms with Gasteiger partial charge in [0.05, 0.1) is 24.8 Å². The Kier molecular flexibility index (Phi) is 4.90. The molecule has 4 rings (SSSR count). The third kappa shape index (κ3) is 3.85. The van der Waals surface area contributed by atoms with Crippen LogP contribution < -0.4 is 4.72 Å². The normalized spacial score (nSPS) is 20.2. The average Bonchev–Trinajstić information content (AvgIpc) is 3.07. The second kappa shape index (κ2) is 7.34. The maximum Gasteiger partial charge on any atom is 0.243 e. The van der Waals surface area contributed by atoms with Gasteiger partial charge in [-0.3, -0.25) is 9.97 Å². The van der Waals surface area contributed by atoms with Crippen molar-refractivity contribution in [3.8, 4) is 0 Å². The largest absolute Gasteiger partial charge is 0.379 e. The summed E-state index contributed by atoms with van der Waals surface area (Å²) in [6.07, 6.45) is 5.84. The van der Waals surface area contributed by atoms with Crippen LogP contribution in [0.25, 0.3) is 10.9 Å². The number of aromatic nitrogens is 2. The second-order valence-electron chi connectivity index (χ2n) is 6.92. The molecule has 0 bridgehead atoms. The van der Waals surface area contributed by atoms with E-state index >= 15 is 0 Å². The zero-order valence-corrected chi connectivity index (χ0v) is 15.8. The fourth-order valence-corrected chi connectivity index (χ4v) is 5.07. The minimum absolute atomic E-state index is 0.0752. The lowest BCUT2D eigenvalue weighted by Gasteiger charge is -2.20. The number of ether oxygens (including phenoxy) is 1. The van der Waals surface area contributed by atoms with Gasteiger partial charge in [-0.05, 0) is 54.8 Å². The molecule has 140 valence electrons. The molecule has 0 spiro atoms. The van der Waals surface area contributed by atoms with Gasteiger partial charge in [0.1, 0.15) is 4.90 Å². The van der Waals surface area contributed by atoms with Gasteiger partial charge in [-0.15, -0.1) is 0 Å². The molecule has 1 N–H and O–H groups in total. The maximum absolute atomic E-state index is 13.1. The van der Waals surface area contributed by atoms with Gasteiger partial charge in [0, 0.05) is 29.9 Å². The lowest BCUT2D eigenvalue weighted by molar-refractivity contribution is 0.183. The molecule has 1 aliphatic rings. The first-order chi connectivity index (χ1) is 13.0. The summed E-state index contributed by atoms with van der Waals surface area (Å²) < 4.78 is 34.7. The molecule has 3 aromatic rings. The van der Waals surface area contributed by atoms with E-state index in [9.17, 15) is 8.42 Å². The van der Waals surface area contributed by atoms with E-state index in [1.807, 2.05) is 31.2 Å². The van der Waals surface area contributed by atoms with Crippen molar-refractivity contribution in [3.63, 3.8) is 0 Å². The first-order valence-corrected chi connectivity index (χ1v) is 10.4. The average molecular weight is 383 g/mol. The topological polar surface area (TPSA) is 81.2 Å². The highest BCUT2D eigenvalue weighted by Crippen LogP contribution is 2.25. The third-order valence-corrected chi connectivity index (χ3v) is 6.36. The highest BCUT2D eigenvalue weighted by Gasteiger charge is 2.33. The van der Waals surface area contributed by atoms with Gasteiger partial charge < -0.3 is 4.74 Å². The molecule has 2 atom stereocenters. The molecule has 1 fully saturated rings. The Morgan fingerprint density at radius 3 is 2.78 bits per heavy atom. The fraction of sp³-hybridized carbons (Fsp3) is 0.300. The highest BCUT2D eigenvalue weighted by atomic mass is 32.2. The van der Waals surface area contributed by atoms with Crippen LogP contribution in [0.1, 0.15) is 11.1 Å². The van der Waals surface area contributed by atoms with Crippen molar-refractivity contribution in [2.45, 2.75) is 24.3 Å². The van der Waals surface area contributed by atoms with Gasteiger partial charge in [-0.2, -0.15) is 0 Å². The van der Waals surface area contributed by atoms with E-state index in [0.29, 0.717) is 18.7 Å². The Bertz CT molecular complexity index is 1050. The number of hydrogen-bond donors (Lipinski definition) is 1. The molecule has 2 aromatic heterocycles. The summed E-state index contributed by atoms with van der Waals surface area (Å²) in [6, 6.07) is 10.9. The van der Waals surface area contributed by atoms with E-state index in [1.54, 1.807) is 30.7 Å². The van der Waals surface area contributed by atoms with Gasteiger partial charge in [-0.1, -0.05) is 6.07 Å². The van der Waals surface area contributed by atoms with Crippen LogP contribution >= 0.6 is 0 Å². The lowest BCUT2D eigenvalue weighted by Crippen LogP contribution is -2.40. The second-order valence-corrected chi connectivity index (χ2v) is 8.61. The van der Waals surface area contributed by atoms with E-state index < -0.39 is 10.0 Å². The van der Waals surface area contributed by atoms with Crippen LogP contribution in [0.4, 0.5) is 0 Å². The highest BCUT2D eigenvalue weighted by molar-refractivity contribution is 7.89. The Hall–Kier alpha value is -2.35. The predicted octanol–water partition coefficient (Wildman–Crippen LogP) is 2.47. The Morgan fingerprint density at radius 1 is 1.15 bits per heavy atom. The quantitative estimate of drug-likeness (QED) is 0.732. The number of sulfonamides is 1. The molecule has 7 heteroatoms. The Balaban J connectivity index is 1.61. The molecular formula is C20H21N3O3S.